The van der Waals surface area contributed by atoms with E-state index in [2.05, 4.69) is 0 Å². The number of hydrogen-bond donors (Lipinski definition) is 0. The third kappa shape index (κ3) is 3.91. The van der Waals surface area contributed by atoms with Crippen molar-refractivity contribution in [2.75, 3.05) is 0 Å². The van der Waals surface area contributed by atoms with E-state index in [-0.39, 0.29) is 15.1 Å². The van der Waals surface area contributed by atoms with Crippen LogP contribution < -0.4 is 0 Å². The highest BCUT2D eigenvalue weighted by atomic mass is 35.5. The smallest absolute Gasteiger partial charge is 0.136 e. The van der Waals surface area contributed by atoms with Crippen LogP contribution in [0.15, 0.2) is 21.2 Å². The zero-order chi connectivity index (χ0) is 8.85. The zero-order valence-electron chi connectivity index (χ0n) is 5.11. The van der Waals surface area contributed by atoms with E-state index in [0.717, 1.165) is 6.08 Å². The molecular weight excluding hydrogens is 206 g/mol. The Balaban J connectivity index is 4.72. The van der Waals surface area contributed by atoms with E-state index in [0.29, 0.717) is 0 Å². The van der Waals surface area contributed by atoms with Crippen molar-refractivity contribution in [3.05, 3.63) is 21.2 Å². The summed E-state index contributed by atoms with van der Waals surface area (Å²) >= 11 is 16.0. The lowest BCUT2D eigenvalue weighted by Gasteiger charge is -1.86. The number of nitriles is 2. The highest BCUT2D eigenvalue weighted by Gasteiger charge is 1.98. The third-order valence-corrected chi connectivity index (χ3v) is 1.54. The molecular formula is C6HCl3N2. The van der Waals surface area contributed by atoms with Gasteiger partial charge in [-0.2, -0.15) is 10.5 Å². The predicted octanol–water partition coefficient (Wildman–Crippen LogP) is 2.85. The van der Waals surface area contributed by atoms with Gasteiger partial charge in [-0.15, -0.1) is 0 Å². The lowest BCUT2D eigenvalue weighted by molar-refractivity contribution is 1.51. The fourth-order valence-electron chi connectivity index (χ4n) is 0.260. The topological polar surface area (TPSA) is 47.6 Å². The van der Waals surface area contributed by atoms with Crippen LogP contribution in [0, 0.1) is 22.7 Å². The Hall–Kier alpha value is -0.670. The number of halogens is 3. The first-order chi connectivity index (χ1) is 5.11. The van der Waals surface area contributed by atoms with E-state index in [1.807, 2.05) is 0 Å². The first-order valence-corrected chi connectivity index (χ1v) is 3.48. The zero-order valence-corrected chi connectivity index (χ0v) is 7.37. The molecule has 0 aromatic rings. The Morgan fingerprint density at radius 2 is 1.64 bits per heavy atom. The van der Waals surface area contributed by atoms with Gasteiger partial charge in [0.15, 0.2) is 0 Å². The predicted molar refractivity (Wildman–Crippen MR) is 43.9 cm³/mol. The monoisotopic (exact) mass is 206 g/mol. The minimum absolute atomic E-state index is 0.0410. The molecule has 56 valence electrons. The van der Waals surface area contributed by atoms with Crippen LogP contribution in [0.25, 0.3) is 0 Å². The summed E-state index contributed by atoms with van der Waals surface area (Å²) in [6.45, 7) is 0. The molecule has 0 fully saturated rings. The summed E-state index contributed by atoms with van der Waals surface area (Å²) in [7, 11) is 0. The molecule has 0 aliphatic carbocycles. The summed E-state index contributed by atoms with van der Waals surface area (Å²) < 4.78 is 0. The Morgan fingerprint density at radius 3 is 2.00 bits per heavy atom. The van der Waals surface area contributed by atoms with Crippen LogP contribution in [0.1, 0.15) is 0 Å². The Morgan fingerprint density at radius 1 is 1.09 bits per heavy atom. The van der Waals surface area contributed by atoms with Crippen LogP contribution in [-0.2, 0) is 0 Å². The number of hydrogen-bond acceptors (Lipinski definition) is 2. The molecule has 11 heavy (non-hydrogen) atoms. The molecule has 0 amide bonds. The van der Waals surface area contributed by atoms with Gasteiger partial charge in [0, 0.05) is 0 Å². The average Bonchev–Trinajstić information content (AvgIpc) is 2.02. The van der Waals surface area contributed by atoms with E-state index in [9.17, 15) is 0 Å². The molecule has 0 spiro atoms. The van der Waals surface area contributed by atoms with Gasteiger partial charge >= 0.3 is 0 Å². The summed E-state index contributed by atoms with van der Waals surface area (Å²) in [6, 6.07) is 3.21. The molecule has 0 saturated heterocycles. The van der Waals surface area contributed by atoms with Gasteiger partial charge in [0.05, 0.1) is 5.03 Å². The van der Waals surface area contributed by atoms with Crippen LogP contribution >= 0.6 is 34.8 Å². The van der Waals surface area contributed by atoms with E-state index in [1.165, 1.54) is 0 Å². The highest BCUT2D eigenvalue weighted by Crippen LogP contribution is 2.16. The van der Waals surface area contributed by atoms with E-state index in [1.54, 1.807) is 12.1 Å². The lowest BCUT2D eigenvalue weighted by Crippen LogP contribution is -1.71. The van der Waals surface area contributed by atoms with Crippen LogP contribution in [0.2, 0.25) is 0 Å². The van der Waals surface area contributed by atoms with Crippen molar-refractivity contribution >= 4 is 34.8 Å². The second-order valence-corrected chi connectivity index (χ2v) is 2.57. The molecule has 2 nitrogen and oxygen atoms in total. The Kier molecular flexibility index (Phi) is 4.74. The largest absolute Gasteiger partial charge is 0.191 e. The molecule has 0 aromatic heterocycles. The molecule has 0 unspecified atom stereocenters. The first-order valence-electron chi connectivity index (χ1n) is 2.34. The van der Waals surface area contributed by atoms with Crippen molar-refractivity contribution in [2.45, 2.75) is 0 Å². The maximum absolute atomic E-state index is 8.21. The SMILES string of the molecule is N#CC(Cl)=C/C(Cl)=C(\Cl)C#N. The number of allylic oxidation sites excluding steroid dienone is 4. The summed E-state index contributed by atoms with van der Waals surface area (Å²) in [5, 5.41) is 16.0. The fourth-order valence-corrected chi connectivity index (χ4v) is 0.631. The first kappa shape index (κ1) is 10.3. The van der Waals surface area contributed by atoms with Gasteiger partial charge in [-0.05, 0) is 6.08 Å². The van der Waals surface area contributed by atoms with Crippen molar-refractivity contribution in [1.29, 1.82) is 10.5 Å². The highest BCUT2D eigenvalue weighted by molar-refractivity contribution is 6.42. The minimum Gasteiger partial charge on any atom is -0.191 e. The molecule has 0 aliphatic rings. The maximum atomic E-state index is 8.21. The second-order valence-electron chi connectivity index (χ2n) is 1.38. The normalized spacial score (nSPS) is 13.0. The molecule has 0 atom stereocenters. The molecule has 0 radical (unpaired) electrons. The summed E-state index contributed by atoms with van der Waals surface area (Å²) in [5.74, 6) is 0. The van der Waals surface area contributed by atoms with Crippen molar-refractivity contribution in [1.82, 2.24) is 0 Å². The number of rotatable bonds is 1. The standard InChI is InChI=1S/C6HCl3N2/c7-4(2-10)1-5(8)6(9)3-11/h1H/b4-1?,6-5+. The van der Waals surface area contributed by atoms with E-state index in [4.69, 9.17) is 45.3 Å². The maximum Gasteiger partial charge on any atom is 0.136 e. The lowest BCUT2D eigenvalue weighted by atomic mass is 10.4. The molecule has 0 aromatic carbocycles. The van der Waals surface area contributed by atoms with Crippen LogP contribution in [0.4, 0.5) is 0 Å². The number of nitrogens with zero attached hydrogens (tertiary/aromatic N) is 2. The molecule has 0 rings (SSSR count). The average molecular weight is 207 g/mol. The van der Waals surface area contributed by atoms with E-state index < -0.39 is 0 Å². The van der Waals surface area contributed by atoms with Crippen molar-refractivity contribution < 1.29 is 0 Å². The van der Waals surface area contributed by atoms with Crippen LogP contribution in [0.5, 0.6) is 0 Å². The van der Waals surface area contributed by atoms with Gasteiger partial charge in [0.2, 0.25) is 0 Å². The van der Waals surface area contributed by atoms with Crippen molar-refractivity contribution in [3.63, 3.8) is 0 Å². The van der Waals surface area contributed by atoms with Crippen molar-refractivity contribution in [3.8, 4) is 12.1 Å². The second kappa shape index (κ2) is 5.04. The van der Waals surface area contributed by atoms with Gasteiger partial charge in [0.25, 0.3) is 0 Å². The molecule has 0 bridgehead atoms. The van der Waals surface area contributed by atoms with Gasteiger partial charge in [-0.3, -0.25) is 0 Å². The Bertz CT molecular complexity index is 290. The fraction of sp³-hybridized carbons (Fsp3) is 0. The van der Waals surface area contributed by atoms with E-state index >= 15 is 0 Å². The van der Waals surface area contributed by atoms with Gasteiger partial charge in [-0.25, -0.2) is 0 Å². The van der Waals surface area contributed by atoms with Crippen molar-refractivity contribution in [2.24, 2.45) is 0 Å². The molecule has 0 N–H and O–H groups in total. The van der Waals surface area contributed by atoms with Gasteiger partial charge < -0.3 is 0 Å². The van der Waals surface area contributed by atoms with Crippen LogP contribution in [0.3, 0.4) is 0 Å². The summed E-state index contributed by atoms with van der Waals surface area (Å²) in [6.07, 6.45) is 1.11. The molecule has 0 heterocycles. The quantitative estimate of drug-likeness (QED) is 0.490. The van der Waals surface area contributed by atoms with Gasteiger partial charge in [0.1, 0.15) is 22.2 Å². The molecule has 5 heteroatoms. The molecule has 0 saturated carbocycles. The molecule has 0 aliphatic heterocycles. The van der Waals surface area contributed by atoms with Gasteiger partial charge in [-0.1, -0.05) is 34.8 Å². The third-order valence-electron chi connectivity index (χ3n) is 0.668. The summed E-state index contributed by atoms with van der Waals surface area (Å²) in [4.78, 5) is 0. The minimum atomic E-state index is -0.194. The summed E-state index contributed by atoms with van der Waals surface area (Å²) in [5.41, 5.74) is 0. The Labute approximate surface area is 78.9 Å². The van der Waals surface area contributed by atoms with Crippen LogP contribution in [-0.4, -0.2) is 0 Å².